The standard InChI is InChI=1S/C14H23NO2S/c1-12(2)8-15-9-14(16)11-18(17)10-13-6-4-3-5-7-13/h3-7,12,14-16H,8-11H2,1-2H3. The van der Waals surface area contributed by atoms with Crippen LogP contribution in [0.25, 0.3) is 0 Å². The first-order valence-corrected chi connectivity index (χ1v) is 7.84. The monoisotopic (exact) mass is 269 g/mol. The van der Waals surface area contributed by atoms with E-state index in [9.17, 15) is 9.32 Å². The van der Waals surface area contributed by atoms with Gasteiger partial charge in [-0.15, -0.1) is 0 Å². The first kappa shape index (κ1) is 15.3. The van der Waals surface area contributed by atoms with Gasteiger partial charge >= 0.3 is 0 Å². The van der Waals surface area contributed by atoms with Crippen molar-refractivity contribution in [3.63, 3.8) is 0 Å². The van der Waals surface area contributed by atoms with Crippen molar-refractivity contribution in [1.29, 1.82) is 0 Å². The third-order valence-corrected chi connectivity index (χ3v) is 3.89. The summed E-state index contributed by atoms with van der Waals surface area (Å²) in [6.07, 6.45) is -0.534. The van der Waals surface area contributed by atoms with E-state index in [2.05, 4.69) is 19.2 Å². The lowest BCUT2D eigenvalue weighted by atomic mass is 10.2. The highest BCUT2D eigenvalue weighted by atomic mass is 32.2. The van der Waals surface area contributed by atoms with Crippen LogP contribution in [0.4, 0.5) is 0 Å². The van der Waals surface area contributed by atoms with Gasteiger partial charge in [-0.05, 0) is 18.0 Å². The molecule has 1 aromatic rings. The minimum atomic E-state index is -1.01. The normalized spacial score (nSPS) is 14.7. The van der Waals surface area contributed by atoms with Crippen molar-refractivity contribution in [3.8, 4) is 0 Å². The fourth-order valence-electron chi connectivity index (χ4n) is 1.63. The van der Waals surface area contributed by atoms with E-state index in [1.165, 1.54) is 0 Å². The number of nitrogens with one attached hydrogen (secondary N) is 1. The molecular weight excluding hydrogens is 246 g/mol. The Balaban J connectivity index is 2.23. The van der Waals surface area contributed by atoms with Crippen molar-refractivity contribution in [3.05, 3.63) is 35.9 Å². The van der Waals surface area contributed by atoms with Gasteiger partial charge < -0.3 is 10.4 Å². The summed E-state index contributed by atoms with van der Waals surface area (Å²) in [5.74, 6) is 1.41. The van der Waals surface area contributed by atoms with Crippen LogP contribution in [0.2, 0.25) is 0 Å². The zero-order valence-electron chi connectivity index (χ0n) is 11.1. The lowest BCUT2D eigenvalue weighted by Gasteiger charge is -2.13. The molecule has 0 heterocycles. The van der Waals surface area contributed by atoms with Gasteiger partial charge in [-0.2, -0.15) is 0 Å². The molecule has 0 aliphatic heterocycles. The van der Waals surface area contributed by atoms with E-state index in [1.807, 2.05) is 30.3 Å². The number of rotatable bonds is 8. The average Bonchev–Trinajstić information content (AvgIpc) is 2.29. The van der Waals surface area contributed by atoms with Crippen molar-refractivity contribution in [2.24, 2.45) is 5.92 Å². The predicted octanol–water partition coefficient (Wildman–Crippen LogP) is 1.54. The highest BCUT2D eigenvalue weighted by Gasteiger charge is 2.10. The molecule has 2 atom stereocenters. The Labute approximate surface area is 112 Å². The molecule has 4 heteroatoms. The van der Waals surface area contributed by atoms with E-state index in [-0.39, 0.29) is 0 Å². The summed E-state index contributed by atoms with van der Waals surface area (Å²) in [5, 5.41) is 12.9. The van der Waals surface area contributed by atoms with Crippen molar-refractivity contribution in [2.45, 2.75) is 25.7 Å². The van der Waals surface area contributed by atoms with Gasteiger partial charge in [-0.3, -0.25) is 4.21 Å². The molecule has 0 saturated carbocycles. The third kappa shape index (κ3) is 6.89. The molecule has 0 fully saturated rings. The van der Waals surface area contributed by atoms with Gasteiger partial charge in [0.15, 0.2) is 0 Å². The quantitative estimate of drug-likeness (QED) is 0.752. The molecule has 0 amide bonds. The Morgan fingerprint density at radius 3 is 2.50 bits per heavy atom. The molecule has 0 radical (unpaired) electrons. The van der Waals surface area contributed by atoms with E-state index in [0.717, 1.165) is 12.1 Å². The van der Waals surface area contributed by atoms with Crippen LogP contribution in [0.1, 0.15) is 19.4 Å². The Morgan fingerprint density at radius 2 is 1.89 bits per heavy atom. The highest BCUT2D eigenvalue weighted by Crippen LogP contribution is 2.03. The first-order valence-electron chi connectivity index (χ1n) is 6.35. The summed E-state index contributed by atoms with van der Waals surface area (Å²) in [4.78, 5) is 0. The van der Waals surface area contributed by atoms with Gasteiger partial charge in [0.2, 0.25) is 0 Å². The number of hydrogen-bond acceptors (Lipinski definition) is 3. The first-order chi connectivity index (χ1) is 8.58. The summed E-state index contributed by atoms with van der Waals surface area (Å²) in [6, 6.07) is 9.74. The predicted molar refractivity (Wildman–Crippen MR) is 76.9 cm³/mol. The van der Waals surface area contributed by atoms with Crippen LogP contribution < -0.4 is 5.32 Å². The van der Waals surface area contributed by atoms with Crippen LogP contribution >= 0.6 is 0 Å². The summed E-state index contributed by atoms with van der Waals surface area (Å²) >= 11 is 0. The van der Waals surface area contributed by atoms with Gasteiger partial charge in [0.1, 0.15) is 0 Å². The molecule has 0 aromatic heterocycles. The van der Waals surface area contributed by atoms with E-state index >= 15 is 0 Å². The highest BCUT2D eigenvalue weighted by molar-refractivity contribution is 7.84. The van der Waals surface area contributed by atoms with E-state index < -0.39 is 16.9 Å². The van der Waals surface area contributed by atoms with Crippen LogP contribution in [0.3, 0.4) is 0 Å². The minimum absolute atomic E-state index is 0.333. The summed E-state index contributed by atoms with van der Waals surface area (Å²) < 4.78 is 11.8. The second-order valence-corrected chi connectivity index (χ2v) is 6.44. The van der Waals surface area contributed by atoms with Gasteiger partial charge in [-0.25, -0.2) is 0 Å². The second kappa shape index (κ2) is 8.40. The summed E-state index contributed by atoms with van der Waals surface area (Å²) in [5.41, 5.74) is 1.05. The van der Waals surface area contributed by atoms with Crippen LogP contribution in [0, 0.1) is 5.92 Å². The molecule has 3 nitrogen and oxygen atoms in total. The van der Waals surface area contributed by atoms with Crippen LogP contribution in [-0.2, 0) is 16.6 Å². The zero-order chi connectivity index (χ0) is 13.4. The Morgan fingerprint density at radius 1 is 1.22 bits per heavy atom. The van der Waals surface area contributed by atoms with E-state index in [0.29, 0.717) is 24.0 Å². The van der Waals surface area contributed by atoms with E-state index in [4.69, 9.17) is 0 Å². The topological polar surface area (TPSA) is 49.3 Å². The Kier molecular flexibility index (Phi) is 7.16. The van der Waals surface area contributed by atoms with E-state index in [1.54, 1.807) is 0 Å². The summed E-state index contributed by atoms with van der Waals surface area (Å²) in [6.45, 7) is 5.63. The molecule has 1 rings (SSSR count). The maximum absolute atomic E-state index is 11.8. The number of aliphatic hydroxyl groups excluding tert-OH is 1. The van der Waals surface area contributed by atoms with Gasteiger partial charge in [0.05, 0.1) is 11.9 Å². The Hall–Kier alpha value is -0.710. The summed E-state index contributed by atoms with van der Waals surface area (Å²) in [7, 11) is -1.01. The molecule has 18 heavy (non-hydrogen) atoms. The van der Waals surface area contributed by atoms with Gasteiger partial charge in [-0.1, -0.05) is 44.2 Å². The molecule has 0 aliphatic carbocycles. The minimum Gasteiger partial charge on any atom is -0.391 e. The lowest BCUT2D eigenvalue weighted by Crippen LogP contribution is -2.33. The molecule has 1 aromatic carbocycles. The number of aliphatic hydroxyl groups is 1. The number of hydrogen-bond donors (Lipinski definition) is 2. The molecular formula is C14H23NO2S. The largest absolute Gasteiger partial charge is 0.391 e. The fourth-order valence-corrected chi connectivity index (χ4v) is 2.86. The maximum Gasteiger partial charge on any atom is 0.0779 e. The van der Waals surface area contributed by atoms with Crippen molar-refractivity contribution >= 4 is 10.8 Å². The van der Waals surface area contributed by atoms with Gasteiger partial charge in [0, 0.05) is 23.1 Å². The lowest BCUT2D eigenvalue weighted by molar-refractivity contribution is 0.193. The molecule has 0 spiro atoms. The molecule has 0 aliphatic rings. The van der Waals surface area contributed by atoms with Crippen molar-refractivity contribution < 1.29 is 9.32 Å². The number of benzene rings is 1. The Bertz CT molecular complexity index is 354. The average molecular weight is 269 g/mol. The van der Waals surface area contributed by atoms with Gasteiger partial charge in [0.25, 0.3) is 0 Å². The zero-order valence-corrected chi connectivity index (χ0v) is 12.0. The van der Waals surface area contributed by atoms with Crippen molar-refractivity contribution in [2.75, 3.05) is 18.8 Å². The fraction of sp³-hybridized carbons (Fsp3) is 0.571. The maximum atomic E-state index is 11.8. The van der Waals surface area contributed by atoms with Crippen LogP contribution in [0.15, 0.2) is 30.3 Å². The molecule has 102 valence electrons. The molecule has 2 N–H and O–H groups in total. The van der Waals surface area contributed by atoms with Crippen LogP contribution in [-0.4, -0.2) is 34.3 Å². The smallest absolute Gasteiger partial charge is 0.0779 e. The molecule has 0 bridgehead atoms. The van der Waals surface area contributed by atoms with Crippen LogP contribution in [0.5, 0.6) is 0 Å². The second-order valence-electron chi connectivity index (χ2n) is 4.94. The molecule has 0 saturated heterocycles. The SMILES string of the molecule is CC(C)CNCC(O)CS(=O)Cc1ccccc1. The molecule has 2 unspecified atom stereocenters. The van der Waals surface area contributed by atoms with Crippen molar-refractivity contribution in [1.82, 2.24) is 5.32 Å². The third-order valence-electron chi connectivity index (χ3n) is 2.48.